The first kappa shape index (κ1) is 18.8. The number of piperidine rings is 1. The van der Waals surface area contributed by atoms with Gasteiger partial charge in [0.15, 0.2) is 5.82 Å². The molecule has 1 atom stereocenters. The molecule has 0 saturated carbocycles. The molecule has 1 aliphatic heterocycles. The number of ether oxygens (including phenoxy) is 2. The van der Waals surface area contributed by atoms with Crippen LogP contribution >= 0.6 is 0 Å². The van der Waals surface area contributed by atoms with Crippen molar-refractivity contribution in [1.29, 1.82) is 0 Å². The van der Waals surface area contributed by atoms with Crippen molar-refractivity contribution in [3.8, 4) is 5.75 Å². The van der Waals surface area contributed by atoms with Crippen molar-refractivity contribution in [2.24, 2.45) is 0 Å². The Morgan fingerprint density at radius 3 is 2.88 bits per heavy atom. The second kappa shape index (κ2) is 7.34. The molecule has 26 heavy (non-hydrogen) atoms. The molecule has 1 aromatic heterocycles. The molecule has 3 rings (SSSR count). The maximum atomic E-state index is 13.1. The molecule has 0 amide bonds. The topological polar surface area (TPSA) is 94.8 Å². The van der Waals surface area contributed by atoms with E-state index in [0.29, 0.717) is 37.0 Å². The number of benzene rings is 1. The van der Waals surface area contributed by atoms with Gasteiger partial charge in [0.1, 0.15) is 12.4 Å². The Hall–Kier alpha value is -1.97. The van der Waals surface area contributed by atoms with Gasteiger partial charge in [0.2, 0.25) is 10.0 Å². The van der Waals surface area contributed by atoms with E-state index in [1.54, 1.807) is 25.3 Å². The summed E-state index contributed by atoms with van der Waals surface area (Å²) < 4.78 is 43.0. The molecule has 1 aromatic carbocycles. The Labute approximate surface area is 153 Å². The van der Waals surface area contributed by atoms with Crippen LogP contribution in [0.2, 0.25) is 0 Å². The highest BCUT2D eigenvalue weighted by atomic mass is 32.2. The van der Waals surface area contributed by atoms with Gasteiger partial charge in [0.05, 0.1) is 12.0 Å². The van der Waals surface area contributed by atoms with Gasteiger partial charge in [-0.25, -0.2) is 8.42 Å². The summed E-state index contributed by atoms with van der Waals surface area (Å²) in [5.41, 5.74) is -0.514. The summed E-state index contributed by atoms with van der Waals surface area (Å²) in [7, 11) is -0.573. The Balaban J connectivity index is 1.86. The third kappa shape index (κ3) is 3.60. The fraction of sp³-hybridized carbons (Fsp3) is 0.529. The van der Waals surface area contributed by atoms with Crippen LogP contribution in [0.3, 0.4) is 0 Å². The van der Waals surface area contributed by atoms with E-state index in [4.69, 9.17) is 14.0 Å². The maximum absolute atomic E-state index is 13.1. The lowest BCUT2D eigenvalue weighted by atomic mass is 9.82. The number of nitrogens with zero attached hydrogens (tertiary/aromatic N) is 3. The van der Waals surface area contributed by atoms with Crippen molar-refractivity contribution < 1.29 is 22.4 Å². The highest BCUT2D eigenvalue weighted by molar-refractivity contribution is 7.89. The largest absolute Gasteiger partial charge is 0.497 e. The highest BCUT2D eigenvalue weighted by Crippen LogP contribution is 2.34. The Morgan fingerprint density at radius 2 is 2.15 bits per heavy atom. The fourth-order valence-corrected chi connectivity index (χ4v) is 4.81. The van der Waals surface area contributed by atoms with Gasteiger partial charge in [0, 0.05) is 31.7 Å². The van der Waals surface area contributed by atoms with E-state index in [1.807, 2.05) is 6.92 Å². The molecular formula is C17H23N3O5S. The summed E-state index contributed by atoms with van der Waals surface area (Å²) in [6.45, 7) is 2.94. The minimum absolute atomic E-state index is 0.217. The zero-order valence-electron chi connectivity index (χ0n) is 15.1. The van der Waals surface area contributed by atoms with Crippen molar-refractivity contribution in [2.75, 3.05) is 27.3 Å². The van der Waals surface area contributed by atoms with Gasteiger partial charge in [-0.1, -0.05) is 18.1 Å². The van der Waals surface area contributed by atoms with Crippen LogP contribution in [-0.4, -0.2) is 50.2 Å². The van der Waals surface area contributed by atoms with Gasteiger partial charge in [-0.05, 0) is 25.0 Å². The number of sulfonamides is 1. The first-order valence-corrected chi connectivity index (χ1v) is 9.79. The molecule has 142 valence electrons. The number of hydrogen-bond acceptors (Lipinski definition) is 7. The first-order valence-electron chi connectivity index (χ1n) is 8.35. The van der Waals surface area contributed by atoms with E-state index in [9.17, 15) is 8.42 Å². The molecule has 8 nitrogen and oxygen atoms in total. The van der Waals surface area contributed by atoms with E-state index >= 15 is 0 Å². The normalized spacial score (nSPS) is 21.7. The van der Waals surface area contributed by atoms with Crippen LogP contribution < -0.4 is 4.74 Å². The molecular weight excluding hydrogens is 358 g/mol. The van der Waals surface area contributed by atoms with E-state index in [2.05, 4.69) is 10.1 Å². The van der Waals surface area contributed by atoms with E-state index < -0.39 is 15.4 Å². The van der Waals surface area contributed by atoms with Crippen molar-refractivity contribution in [2.45, 2.75) is 36.7 Å². The second-order valence-electron chi connectivity index (χ2n) is 6.63. The molecule has 2 aromatic rings. The summed E-state index contributed by atoms with van der Waals surface area (Å²) in [6.07, 6.45) is 1.50. The van der Waals surface area contributed by atoms with Gasteiger partial charge in [-0.3, -0.25) is 0 Å². The third-order valence-corrected chi connectivity index (χ3v) is 6.46. The molecule has 0 N–H and O–H groups in total. The minimum atomic E-state index is -3.63. The lowest BCUT2D eigenvalue weighted by Crippen LogP contribution is -2.47. The predicted octanol–water partition coefficient (Wildman–Crippen LogP) is 1.97. The van der Waals surface area contributed by atoms with E-state index in [1.165, 1.54) is 17.5 Å². The Morgan fingerprint density at radius 1 is 1.35 bits per heavy atom. The molecule has 1 fully saturated rings. The van der Waals surface area contributed by atoms with Gasteiger partial charge in [0.25, 0.3) is 5.89 Å². The highest BCUT2D eigenvalue weighted by Gasteiger charge is 2.41. The summed E-state index contributed by atoms with van der Waals surface area (Å²) >= 11 is 0. The van der Waals surface area contributed by atoms with Gasteiger partial charge in [-0.15, -0.1) is 0 Å². The van der Waals surface area contributed by atoms with Gasteiger partial charge < -0.3 is 14.0 Å². The fourth-order valence-electron chi connectivity index (χ4n) is 3.17. The quantitative estimate of drug-likeness (QED) is 0.755. The minimum Gasteiger partial charge on any atom is -0.497 e. The molecule has 0 aliphatic carbocycles. The Bertz CT molecular complexity index is 867. The molecule has 1 unspecified atom stereocenters. The second-order valence-corrected chi connectivity index (χ2v) is 8.56. The van der Waals surface area contributed by atoms with E-state index in [-0.39, 0.29) is 11.5 Å². The first-order chi connectivity index (χ1) is 12.4. The van der Waals surface area contributed by atoms with Crippen LogP contribution in [0, 0.1) is 0 Å². The zero-order chi connectivity index (χ0) is 18.8. The summed E-state index contributed by atoms with van der Waals surface area (Å²) in [6, 6.07) is 6.50. The Kier molecular flexibility index (Phi) is 5.31. The van der Waals surface area contributed by atoms with Gasteiger partial charge >= 0.3 is 0 Å². The molecule has 0 spiro atoms. The SMILES string of the molecule is COCc1nc(C2(C)CCCN(S(=O)(=O)c3cccc(OC)c3)C2)no1. The molecule has 0 radical (unpaired) electrons. The predicted molar refractivity (Wildman–Crippen MR) is 93.3 cm³/mol. The van der Waals surface area contributed by atoms with Crippen LogP contribution in [0.15, 0.2) is 33.7 Å². The van der Waals surface area contributed by atoms with Crippen LogP contribution in [-0.2, 0) is 26.8 Å². The lowest BCUT2D eigenvalue weighted by molar-refractivity contribution is 0.151. The number of methoxy groups -OCH3 is 2. The summed E-state index contributed by atoms with van der Waals surface area (Å²) in [5, 5.41) is 4.04. The smallest absolute Gasteiger partial charge is 0.252 e. The van der Waals surface area contributed by atoms with Crippen LogP contribution in [0.1, 0.15) is 31.5 Å². The van der Waals surface area contributed by atoms with Gasteiger partial charge in [-0.2, -0.15) is 9.29 Å². The van der Waals surface area contributed by atoms with Crippen molar-refractivity contribution in [1.82, 2.24) is 14.4 Å². The zero-order valence-corrected chi connectivity index (χ0v) is 16.0. The molecule has 1 saturated heterocycles. The van der Waals surface area contributed by atoms with E-state index in [0.717, 1.165) is 6.42 Å². The molecule has 9 heteroatoms. The molecule has 2 heterocycles. The van der Waals surface area contributed by atoms with Crippen LogP contribution in [0.4, 0.5) is 0 Å². The average Bonchev–Trinajstić information content (AvgIpc) is 3.12. The summed E-state index contributed by atoms with van der Waals surface area (Å²) in [4.78, 5) is 4.58. The molecule has 0 bridgehead atoms. The third-order valence-electron chi connectivity index (χ3n) is 4.62. The van der Waals surface area contributed by atoms with Crippen molar-refractivity contribution in [3.05, 3.63) is 36.0 Å². The van der Waals surface area contributed by atoms with Crippen molar-refractivity contribution in [3.63, 3.8) is 0 Å². The van der Waals surface area contributed by atoms with Crippen LogP contribution in [0.5, 0.6) is 5.75 Å². The standard InChI is InChI=1S/C17H23N3O5S/c1-17(16-18-15(11-23-2)25-19-16)8-5-9-20(12-17)26(21,22)14-7-4-6-13(10-14)24-3/h4,6-7,10H,5,8-9,11-12H2,1-3H3. The monoisotopic (exact) mass is 381 g/mol. The van der Waals surface area contributed by atoms with Crippen LogP contribution in [0.25, 0.3) is 0 Å². The average molecular weight is 381 g/mol. The lowest BCUT2D eigenvalue weighted by Gasteiger charge is -2.37. The number of hydrogen-bond donors (Lipinski definition) is 0. The number of rotatable bonds is 6. The maximum Gasteiger partial charge on any atom is 0.252 e. The number of aromatic nitrogens is 2. The molecule has 1 aliphatic rings. The summed E-state index contributed by atoms with van der Waals surface area (Å²) in [5.74, 6) is 1.40. The van der Waals surface area contributed by atoms with Crippen molar-refractivity contribution >= 4 is 10.0 Å².